The fourth-order valence-corrected chi connectivity index (χ4v) is 4.02. The number of fused-ring (bicyclic) bond motifs is 1. The van der Waals surface area contributed by atoms with Crippen LogP contribution in [-0.2, 0) is 13.2 Å². The van der Waals surface area contributed by atoms with Crippen LogP contribution in [0.1, 0.15) is 5.56 Å². The average molecular weight is 528 g/mol. The summed E-state index contributed by atoms with van der Waals surface area (Å²) in [6.45, 7) is 0. The maximum atomic E-state index is 13.1. The van der Waals surface area contributed by atoms with Crippen LogP contribution in [0.5, 0.6) is 11.5 Å². The number of ether oxygens (including phenoxy) is 1. The zero-order chi connectivity index (χ0) is 27.0. The molecule has 0 spiro atoms. The van der Waals surface area contributed by atoms with E-state index in [4.69, 9.17) is 9.26 Å². The van der Waals surface area contributed by atoms with Crippen molar-refractivity contribution in [3.63, 3.8) is 0 Å². The average Bonchev–Trinajstić information content (AvgIpc) is 3.54. The van der Waals surface area contributed by atoms with Crippen molar-refractivity contribution >= 4 is 22.7 Å². The third-order valence-electron chi connectivity index (χ3n) is 5.94. The van der Waals surface area contributed by atoms with Gasteiger partial charge in [-0.05, 0) is 36.4 Å². The van der Waals surface area contributed by atoms with Crippen molar-refractivity contribution in [2.24, 2.45) is 7.05 Å². The second kappa shape index (κ2) is 9.60. The molecule has 194 valence electrons. The minimum atomic E-state index is -4.43. The van der Waals surface area contributed by atoms with Crippen molar-refractivity contribution in [1.29, 1.82) is 0 Å². The molecule has 0 radical (unpaired) electrons. The maximum Gasteiger partial charge on any atom is 0.416 e. The van der Waals surface area contributed by atoms with Gasteiger partial charge in [0.05, 0.1) is 16.6 Å². The number of imidazole rings is 1. The van der Waals surface area contributed by atoms with E-state index < -0.39 is 11.7 Å². The number of halogens is 3. The molecule has 3 aromatic heterocycles. The van der Waals surface area contributed by atoms with Gasteiger partial charge in [0, 0.05) is 36.6 Å². The molecule has 6 rings (SSSR count). The molecule has 3 heterocycles. The predicted molar refractivity (Wildman–Crippen MR) is 138 cm³/mol. The molecule has 8 nitrogen and oxygen atoms in total. The van der Waals surface area contributed by atoms with Gasteiger partial charge in [0.2, 0.25) is 11.8 Å². The minimum absolute atomic E-state index is 0.254. The third-order valence-corrected chi connectivity index (χ3v) is 5.94. The van der Waals surface area contributed by atoms with E-state index in [0.29, 0.717) is 34.5 Å². The van der Waals surface area contributed by atoms with Crippen LogP contribution in [0.25, 0.3) is 34.0 Å². The Hall–Kier alpha value is -5.19. The summed E-state index contributed by atoms with van der Waals surface area (Å²) in [4.78, 5) is 13.3. The van der Waals surface area contributed by atoms with Crippen LogP contribution in [0.2, 0.25) is 0 Å². The molecule has 0 atom stereocenters. The first-order chi connectivity index (χ1) is 18.8. The van der Waals surface area contributed by atoms with Gasteiger partial charge in [-0.1, -0.05) is 41.6 Å². The first-order valence-electron chi connectivity index (χ1n) is 11.8. The number of pyridine rings is 1. The summed E-state index contributed by atoms with van der Waals surface area (Å²) in [5.74, 6) is 2.10. The van der Waals surface area contributed by atoms with Crippen LogP contribution in [0.3, 0.4) is 0 Å². The van der Waals surface area contributed by atoms with Gasteiger partial charge in [0.1, 0.15) is 17.2 Å². The maximum absolute atomic E-state index is 13.1. The summed E-state index contributed by atoms with van der Waals surface area (Å²) in [5, 5.41) is 6.99. The summed E-state index contributed by atoms with van der Waals surface area (Å²) >= 11 is 0. The van der Waals surface area contributed by atoms with Gasteiger partial charge in [-0.15, -0.1) is 0 Å². The largest absolute Gasteiger partial charge is 0.457 e. The molecule has 0 unspecified atom stereocenters. The lowest BCUT2D eigenvalue weighted by atomic mass is 10.2. The number of hydrogen-bond acceptors (Lipinski definition) is 7. The highest BCUT2D eigenvalue weighted by molar-refractivity contribution is 5.81. The molecule has 0 saturated heterocycles. The highest BCUT2D eigenvalue weighted by Crippen LogP contribution is 2.33. The number of aromatic nitrogens is 5. The number of aryl methyl sites for hydroxylation is 1. The fraction of sp³-hybridized carbons (Fsp3) is 0.0714. The molecular formula is C28H19F3N6O2. The molecule has 6 aromatic rings. The molecular weight excluding hydrogens is 509 g/mol. The van der Waals surface area contributed by atoms with Gasteiger partial charge in [-0.3, -0.25) is 4.98 Å². The molecule has 0 aliphatic heterocycles. The first kappa shape index (κ1) is 24.2. The monoisotopic (exact) mass is 528 g/mol. The van der Waals surface area contributed by atoms with Gasteiger partial charge in [0.25, 0.3) is 5.89 Å². The number of nitrogens with one attached hydrogen (secondary N) is 1. The number of anilines is 2. The highest BCUT2D eigenvalue weighted by atomic mass is 19.4. The van der Waals surface area contributed by atoms with Gasteiger partial charge < -0.3 is 19.1 Å². The third kappa shape index (κ3) is 5.01. The number of alkyl halides is 3. The molecule has 11 heteroatoms. The Morgan fingerprint density at radius 1 is 0.872 bits per heavy atom. The number of hydrogen-bond donors (Lipinski definition) is 1. The standard InChI is InChI=1S/C28H19F3N6O2/c1-37-24-11-10-20(15-22(24)34-27(37)33-19-9-5-8-18(14-19)28(29,30)31)38-21-12-13-32-23(16-21)26-35-25(36-39-26)17-6-3-2-4-7-17/h2-16H,1H3,(H,33,34). The van der Waals surface area contributed by atoms with Gasteiger partial charge in [-0.25, -0.2) is 4.98 Å². The van der Waals surface area contributed by atoms with Crippen LogP contribution in [-0.4, -0.2) is 24.7 Å². The van der Waals surface area contributed by atoms with Crippen LogP contribution in [0.4, 0.5) is 24.8 Å². The van der Waals surface area contributed by atoms with E-state index in [-0.39, 0.29) is 11.6 Å². The highest BCUT2D eigenvalue weighted by Gasteiger charge is 2.30. The Balaban J connectivity index is 1.23. The Kier molecular flexibility index (Phi) is 5.95. The van der Waals surface area contributed by atoms with E-state index in [0.717, 1.165) is 23.2 Å². The zero-order valence-corrected chi connectivity index (χ0v) is 20.3. The van der Waals surface area contributed by atoms with E-state index in [1.54, 1.807) is 48.1 Å². The molecule has 39 heavy (non-hydrogen) atoms. The topological polar surface area (TPSA) is 90.9 Å². The van der Waals surface area contributed by atoms with Crippen molar-refractivity contribution in [3.8, 4) is 34.5 Å². The summed E-state index contributed by atoms with van der Waals surface area (Å²) < 4.78 is 52.5. The smallest absolute Gasteiger partial charge is 0.416 e. The van der Waals surface area contributed by atoms with Crippen molar-refractivity contribution in [1.82, 2.24) is 24.7 Å². The second-order valence-corrected chi connectivity index (χ2v) is 8.62. The van der Waals surface area contributed by atoms with E-state index in [9.17, 15) is 13.2 Å². The molecule has 1 N–H and O–H groups in total. The van der Waals surface area contributed by atoms with Crippen LogP contribution in [0, 0.1) is 0 Å². The van der Waals surface area contributed by atoms with Crippen molar-refractivity contribution in [2.45, 2.75) is 6.18 Å². The van der Waals surface area contributed by atoms with Crippen LogP contribution < -0.4 is 10.1 Å². The van der Waals surface area contributed by atoms with E-state index in [1.807, 2.05) is 36.4 Å². The number of rotatable bonds is 6. The Bertz CT molecular complexity index is 1780. The SMILES string of the molecule is Cn1c(Nc2cccc(C(F)(F)F)c2)nc2cc(Oc3ccnc(-c4nc(-c5ccccc5)no4)c3)ccc21. The number of nitrogens with zero attached hydrogens (tertiary/aromatic N) is 5. The van der Waals surface area contributed by atoms with Gasteiger partial charge in [-0.2, -0.15) is 18.2 Å². The number of benzene rings is 3. The predicted octanol–water partition coefficient (Wildman–Crippen LogP) is 7.24. The molecule has 0 fully saturated rings. The zero-order valence-electron chi connectivity index (χ0n) is 20.3. The van der Waals surface area contributed by atoms with Crippen molar-refractivity contribution < 1.29 is 22.4 Å². The molecule has 0 aliphatic rings. The van der Waals surface area contributed by atoms with E-state index >= 15 is 0 Å². The molecule has 0 saturated carbocycles. The second-order valence-electron chi connectivity index (χ2n) is 8.62. The summed E-state index contributed by atoms with van der Waals surface area (Å²) in [6.07, 6.45) is -2.86. The molecule has 0 bridgehead atoms. The molecule has 3 aromatic carbocycles. The van der Waals surface area contributed by atoms with Crippen molar-refractivity contribution in [3.05, 3.63) is 96.7 Å². The Morgan fingerprint density at radius 3 is 2.51 bits per heavy atom. The van der Waals surface area contributed by atoms with E-state index in [2.05, 4.69) is 25.4 Å². The van der Waals surface area contributed by atoms with Crippen LogP contribution >= 0.6 is 0 Å². The lowest BCUT2D eigenvalue weighted by molar-refractivity contribution is -0.137. The quantitative estimate of drug-likeness (QED) is 0.244. The van der Waals surface area contributed by atoms with Gasteiger partial charge in [0.15, 0.2) is 0 Å². The fourth-order valence-electron chi connectivity index (χ4n) is 4.02. The summed E-state index contributed by atoms with van der Waals surface area (Å²) in [5.41, 5.74) is 2.19. The van der Waals surface area contributed by atoms with E-state index in [1.165, 1.54) is 6.07 Å². The molecule has 0 aliphatic carbocycles. The normalized spacial score (nSPS) is 11.6. The Morgan fingerprint density at radius 2 is 1.69 bits per heavy atom. The van der Waals surface area contributed by atoms with Gasteiger partial charge >= 0.3 is 6.18 Å². The van der Waals surface area contributed by atoms with Crippen molar-refractivity contribution in [2.75, 3.05) is 5.32 Å². The van der Waals surface area contributed by atoms with Crippen LogP contribution in [0.15, 0.2) is 95.6 Å². The Labute approximate surface area is 219 Å². The molecule has 0 amide bonds. The summed E-state index contributed by atoms with van der Waals surface area (Å²) in [7, 11) is 1.77. The first-order valence-corrected chi connectivity index (χ1v) is 11.8. The minimum Gasteiger partial charge on any atom is -0.457 e. The lowest BCUT2D eigenvalue weighted by Crippen LogP contribution is -2.06. The summed E-state index contributed by atoms with van der Waals surface area (Å²) in [6, 6.07) is 23.1. The lowest BCUT2D eigenvalue weighted by Gasteiger charge is -2.10.